The summed E-state index contributed by atoms with van der Waals surface area (Å²) in [5.74, 6) is 0. The third kappa shape index (κ3) is 2.31. The summed E-state index contributed by atoms with van der Waals surface area (Å²) in [5, 5.41) is 2.57. The number of rotatable bonds is 1. The van der Waals surface area contributed by atoms with Crippen LogP contribution in [0.3, 0.4) is 0 Å². The fraction of sp³-hybridized carbons (Fsp3) is 1.00. The minimum Gasteiger partial charge on any atom is -0.348 e. The number of halogens is 1. The fourth-order valence-electron chi connectivity index (χ4n) is 0. The van der Waals surface area contributed by atoms with Gasteiger partial charge >= 0.3 is 6.83 Å². The lowest BCUT2D eigenvalue weighted by molar-refractivity contribution is 1.27. The molecule has 0 atom stereocenters. The second-order valence-electron chi connectivity index (χ2n) is 0.398. The molecule has 0 saturated carbocycles. The topological polar surface area (TPSA) is 12.0 Å². The van der Waals surface area contributed by atoms with E-state index in [1.165, 1.54) is 6.83 Å². The van der Waals surface area contributed by atoms with Gasteiger partial charge in [-0.3, -0.25) is 0 Å². The van der Waals surface area contributed by atoms with E-state index in [1.54, 1.807) is 7.05 Å². The van der Waals surface area contributed by atoms with Crippen molar-refractivity contribution in [3.8, 4) is 0 Å². The summed E-state index contributed by atoms with van der Waals surface area (Å²) < 4.78 is 0. The van der Waals surface area contributed by atoms with Crippen LogP contribution in [0.25, 0.3) is 0 Å². The molecule has 0 aromatic carbocycles. The summed E-state index contributed by atoms with van der Waals surface area (Å²) >= 11 is 4.95. The van der Waals surface area contributed by atoms with Crippen LogP contribution < -0.4 is 5.23 Å². The van der Waals surface area contributed by atoms with Crippen molar-refractivity contribution < 1.29 is 0 Å². The van der Waals surface area contributed by atoms with Crippen molar-refractivity contribution in [3.63, 3.8) is 0 Å². The molecule has 0 bridgehead atoms. The molecule has 0 aliphatic carbocycles. The van der Waals surface area contributed by atoms with Gasteiger partial charge in [0, 0.05) is 0 Å². The van der Waals surface area contributed by atoms with Crippen LogP contribution in [-0.4, -0.2) is 13.9 Å². The van der Waals surface area contributed by atoms with E-state index in [9.17, 15) is 0 Å². The maximum atomic E-state index is 4.95. The number of hydrogen-bond donors (Lipinski definition) is 1. The third-order valence-corrected chi connectivity index (χ3v) is 0.327. The van der Waals surface area contributed by atoms with Gasteiger partial charge in [0.25, 0.3) is 0 Å². The van der Waals surface area contributed by atoms with E-state index >= 15 is 0 Å². The molecule has 0 aliphatic rings. The summed E-state index contributed by atoms with van der Waals surface area (Å²) in [7, 11) is 1.74. The highest BCUT2D eigenvalue weighted by molar-refractivity contribution is 6.92. The zero-order valence-electron chi connectivity index (χ0n) is 2.46. The van der Waals surface area contributed by atoms with Crippen molar-refractivity contribution in [1.82, 2.24) is 5.23 Å². The lowest BCUT2D eigenvalue weighted by Gasteiger charge is -1.69. The van der Waals surface area contributed by atoms with Crippen LogP contribution in [0.2, 0.25) is 0 Å². The Bertz CT molecular complexity index is 10.0. The van der Waals surface area contributed by atoms with Crippen molar-refractivity contribution in [3.05, 3.63) is 0 Å². The molecule has 0 aromatic heterocycles. The molecule has 0 heterocycles. The molecule has 0 amide bonds. The van der Waals surface area contributed by atoms with Crippen LogP contribution in [0.15, 0.2) is 0 Å². The maximum absolute atomic E-state index is 4.95. The quantitative estimate of drug-likeness (QED) is 0.433. The average Bonchev–Trinajstić information content (AvgIpc) is 1.37. The molecule has 0 fully saturated rings. The summed E-state index contributed by atoms with van der Waals surface area (Å²) in [6, 6.07) is 0. The van der Waals surface area contributed by atoms with Gasteiger partial charge in [-0.05, 0) is 7.05 Å². The zero-order chi connectivity index (χ0) is 3.41. The fourth-order valence-corrected chi connectivity index (χ4v) is 0. The molecule has 0 aliphatic heterocycles. The van der Waals surface area contributed by atoms with Crippen molar-refractivity contribution in [2.75, 3.05) is 7.05 Å². The molecule has 1 nitrogen and oxygen atoms in total. The molecule has 1 radical (unpaired) electrons. The number of hydrogen-bond acceptors (Lipinski definition) is 1. The Labute approximate surface area is 31.5 Å². The highest BCUT2D eigenvalue weighted by Gasteiger charge is 1.62. The van der Waals surface area contributed by atoms with E-state index in [4.69, 9.17) is 11.5 Å². The molecular formula is CH4BClN. The highest BCUT2D eigenvalue weighted by Crippen LogP contribution is 1.49. The first kappa shape index (κ1) is 4.31. The first-order valence-electron chi connectivity index (χ1n) is 1.01. The van der Waals surface area contributed by atoms with Crippen LogP contribution in [0, 0.1) is 0 Å². The molecule has 0 rings (SSSR count). The predicted molar refractivity (Wildman–Crippen MR) is 20.7 cm³/mol. The first-order valence-corrected chi connectivity index (χ1v) is 1.44. The molecule has 1 N–H and O–H groups in total. The van der Waals surface area contributed by atoms with Crippen LogP contribution >= 0.6 is 11.5 Å². The number of nitrogens with one attached hydrogen (secondary N) is 1. The second kappa shape index (κ2) is 3.31. The zero-order valence-corrected chi connectivity index (χ0v) is 3.21. The van der Waals surface area contributed by atoms with E-state index in [0.717, 1.165) is 0 Å². The van der Waals surface area contributed by atoms with Crippen LogP contribution in [0.4, 0.5) is 0 Å². The summed E-state index contributed by atoms with van der Waals surface area (Å²) in [6.07, 6.45) is 0. The van der Waals surface area contributed by atoms with E-state index in [-0.39, 0.29) is 0 Å². The van der Waals surface area contributed by atoms with Gasteiger partial charge < -0.3 is 5.23 Å². The first-order chi connectivity index (χ1) is 1.91. The van der Waals surface area contributed by atoms with Crippen LogP contribution in [-0.2, 0) is 0 Å². The van der Waals surface area contributed by atoms with Gasteiger partial charge in [-0.2, -0.15) is 11.5 Å². The molecular weight excluding hydrogens is 72.3 g/mol. The van der Waals surface area contributed by atoms with Crippen LogP contribution in [0.1, 0.15) is 0 Å². The Kier molecular flexibility index (Phi) is 3.58. The third-order valence-electron chi connectivity index (χ3n) is 0.109. The monoisotopic (exact) mass is 76.0 g/mol. The van der Waals surface area contributed by atoms with Gasteiger partial charge in [0.15, 0.2) is 0 Å². The smallest absolute Gasteiger partial charge is 0.332 e. The van der Waals surface area contributed by atoms with Gasteiger partial charge in [0.2, 0.25) is 0 Å². The largest absolute Gasteiger partial charge is 0.348 e. The molecule has 0 unspecified atom stereocenters. The molecule has 0 aromatic rings. The maximum Gasteiger partial charge on any atom is 0.332 e. The Morgan fingerprint density at radius 2 is 2.25 bits per heavy atom. The minimum absolute atomic E-state index is 1.35. The Morgan fingerprint density at radius 3 is 2.25 bits per heavy atom. The summed E-state index contributed by atoms with van der Waals surface area (Å²) in [4.78, 5) is 0. The Balaban J connectivity index is 1.97. The van der Waals surface area contributed by atoms with E-state index in [1.807, 2.05) is 0 Å². The molecule has 4 heavy (non-hydrogen) atoms. The van der Waals surface area contributed by atoms with E-state index in [0.29, 0.717) is 0 Å². The van der Waals surface area contributed by atoms with Crippen LogP contribution in [0.5, 0.6) is 0 Å². The lowest BCUT2D eigenvalue weighted by atomic mass is 10.4. The van der Waals surface area contributed by atoms with Crippen molar-refractivity contribution in [2.24, 2.45) is 0 Å². The van der Waals surface area contributed by atoms with Gasteiger partial charge in [-0.1, -0.05) is 0 Å². The van der Waals surface area contributed by atoms with E-state index in [2.05, 4.69) is 5.23 Å². The van der Waals surface area contributed by atoms with Gasteiger partial charge in [0.05, 0.1) is 0 Å². The average molecular weight is 76.3 g/mol. The van der Waals surface area contributed by atoms with Gasteiger partial charge in [-0.25, -0.2) is 0 Å². The van der Waals surface area contributed by atoms with Crippen molar-refractivity contribution >= 4 is 18.3 Å². The molecule has 3 heteroatoms. The SMILES string of the molecule is CN[B]Cl. The van der Waals surface area contributed by atoms with Crippen molar-refractivity contribution in [2.45, 2.75) is 0 Å². The highest BCUT2D eigenvalue weighted by atomic mass is 35.5. The second-order valence-corrected chi connectivity index (χ2v) is 0.616. The minimum atomic E-state index is 1.35. The standard InChI is InChI=1S/CH4BClN/c1-4-2-3/h4H,1H3. The Hall–Kier alpha value is 0.315. The van der Waals surface area contributed by atoms with Crippen molar-refractivity contribution in [1.29, 1.82) is 0 Å². The molecule has 23 valence electrons. The Morgan fingerprint density at radius 1 is 2.00 bits per heavy atom. The molecule has 0 spiro atoms. The summed E-state index contributed by atoms with van der Waals surface area (Å²) in [5.41, 5.74) is 0. The normalized spacial score (nSPS) is 6.50. The molecule has 0 saturated heterocycles. The summed E-state index contributed by atoms with van der Waals surface area (Å²) in [6.45, 7) is 1.35. The van der Waals surface area contributed by atoms with Gasteiger partial charge in [-0.15, -0.1) is 0 Å². The van der Waals surface area contributed by atoms with E-state index < -0.39 is 0 Å². The van der Waals surface area contributed by atoms with Gasteiger partial charge in [0.1, 0.15) is 0 Å². The lowest BCUT2D eigenvalue weighted by Crippen LogP contribution is -2.03. The predicted octanol–water partition coefficient (Wildman–Crippen LogP) is -0.0212.